The van der Waals surface area contributed by atoms with Crippen molar-refractivity contribution in [3.63, 3.8) is 0 Å². The number of nitrogens with two attached hydrogens (primary N) is 1. The molecule has 0 fully saturated rings. The molecule has 0 aromatic heterocycles. The second kappa shape index (κ2) is 6.33. The van der Waals surface area contributed by atoms with Gasteiger partial charge in [0.25, 0.3) is 0 Å². The maximum atomic E-state index is 13.9. The summed E-state index contributed by atoms with van der Waals surface area (Å²) in [7, 11) is 1.57. The number of ether oxygens (including phenoxy) is 1. The molecule has 0 aliphatic carbocycles. The molecule has 0 saturated carbocycles. The minimum atomic E-state index is -0.603. The lowest BCUT2D eigenvalue weighted by atomic mass is 9.99. The van der Waals surface area contributed by atoms with Gasteiger partial charge >= 0.3 is 0 Å². The van der Waals surface area contributed by atoms with Crippen molar-refractivity contribution in [3.05, 3.63) is 63.6 Å². The standard InChI is InChI=1S/C15H14BrF2NO/c1-20-10-4-2-9(3-5-10)14(19)8-11-13(17)7-6-12(16)15(11)18/h2-7,14H,8,19H2,1H3. The third-order valence-electron chi connectivity index (χ3n) is 3.11. The highest BCUT2D eigenvalue weighted by Crippen LogP contribution is 2.26. The molecule has 0 bridgehead atoms. The van der Waals surface area contributed by atoms with Gasteiger partial charge in [-0.05, 0) is 52.2 Å². The maximum Gasteiger partial charge on any atom is 0.143 e. The van der Waals surface area contributed by atoms with E-state index in [4.69, 9.17) is 10.5 Å². The number of hydrogen-bond acceptors (Lipinski definition) is 2. The summed E-state index contributed by atoms with van der Waals surface area (Å²) in [5.41, 5.74) is 6.80. The van der Waals surface area contributed by atoms with Crippen LogP contribution in [0.4, 0.5) is 8.78 Å². The Morgan fingerprint density at radius 3 is 2.40 bits per heavy atom. The van der Waals surface area contributed by atoms with E-state index in [0.29, 0.717) is 5.75 Å². The molecule has 0 aliphatic heterocycles. The number of methoxy groups -OCH3 is 1. The first kappa shape index (κ1) is 14.9. The van der Waals surface area contributed by atoms with Gasteiger partial charge < -0.3 is 10.5 Å². The predicted octanol–water partition coefficient (Wildman–Crippen LogP) is 3.98. The molecule has 2 rings (SSSR count). The summed E-state index contributed by atoms with van der Waals surface area (Å²) in [5, 5.41) is 0. The topological polar surface area (TPSA) is 35.2 Å². The summed E-state index contributed by atoms with van der Waals surface area (Å²) >= 11 is 3.05. The van der Waals surface area contributed by atoms with Crippen LogP contribution < -0.4 is 10.5 Å². The molecule has 2 nitrogen and oxygen atoms in total. The largest absolute Gasteiger partial charge is 0.497 e. The zero-order chi connectivity index (χ0) is 14.7. The third kappa shape index (κ3) is 3.16. The van der Waals surface area contributed by atoms with Gasteiger partial charge in [0.2, 0.25) is 0 Å². The lowest BCUT2D eigenvalue weighted by molar-refractivity contribution is 0.414. The summed E-state index contributed by atoms with van der Waals surface area (Å²) in [5.74, 6) is -0.482. The van der Waals surface area contributed by atoms with Gasteiger partial charge in [-0.3, -0.25) is 0 Å². The molecule has 0 radical (unpaired) electrons. The fourth-order valence-electron chi connectivity index (χ4n) is 1.95. The van der Waals surface area contributed by atoms with Crippen LogP contribution in [0.15, 0.2) is 40.9 Å². The summed E-state index contributed by atoms with van der Waals surface area (Å²) in [6.45, 7) is 0. The SMILES string of the molecule is COc1ccc(C(N)Cc2c(F)ccc(Br)c2F)cc1. The average molecular weight is 342 g/mol. The molecular formula is C15H14BrF2NO. The Balaban J connectivity index is 2.23. The molecule has 2 aromatic rings. The molecule has 0 saturated heterocycles. The Bertz CT molecular complexity index is 602. The fraction of sp³-hybridized carbons (Fsp3) is 0.200. The first-order valence-corrected chi connectivity index (χ1v) is 6.84. The number of benzene rings is 2. The van der Waals surface area contributed by atoms with Crippen LogP contribution in [0.25, 0.3) is 0 Å². The Morgan fingerprint density at radius 1 is 1.15 bits per heavy atom. The quantitative estimate of drug-likeness (QED) is 0.853. The zero-order valence-corrected chi connectivity index (χ0v) is 12.5. The summed E-state index contributed by atoms with van der Waals surface area (Å²) < 4.78 is 32.9. The van der Waals surface area contributed by atoms with E-state index >= 15 is 0 Å². The molecule has 0 spiro atoms. The van der Waals surface area contributed by atoms with Crippen molar-refractivity contribution in [1.29, 1.82) is 0 Å². The molecule has 0 heterocycles. The molecule has 2 aromatic carbocycles. The maximum absolute atomic E-state index is 13.9. The summed E-state index contributed by atoms with van der Waals surface area (Å²) in [6, 6.07) is 9.19. The lowest BCUT2D eigenvalue weighted by Gasteiger charge is -2.14. The van der Waals surface area contributed by atoms with Crippen molar-refractivity contribution in [2.45, 2.75) is 12.5 Å². The molecule has 1 atom stereocenters. The predicted molar refractivity (Wildman–Crippen MR) is 77.7 cm³/mol. The fourth-order valence-corrected chi connectivity index (χ4v) is 2.32. The molecule has 0 amide bonds. The van der Waals surface area contributed by atoms with Crippen molar-refractivity contribution in [1.82, 2.24) is 0 Å². The lowest BCUT2D eigenvalue weighted by Crippen LogP contribution is -2.15. The van der Waals surface area contributed by atoms with E-state index in [-0.39, 0.29) is 16.5 Å². The molecule has 0 aliphatic rings. The van der Waals surface area contributed by atoms with Gasteiger partial charge in [0.1, 0.15) is 17.4 Å². The van der Waals surface area contributed by atoms with Crippen LogP contribution in [0.5, 0.6) is 5.75 Å². The summed E-state index contributed by atoms with van der Waals surface area (Å²) in [4.78, 5) is 0. The van der Waals surface area contributed by atoms with Crippen LogP contribution in [0.1, 0.15) is 17.2 Å². The third-order valence-corrected chi connectivity index (χ3v) is 3.72. The van der Waals surface area contributed by atoms with Crippen LogP contribution in [-0.4, -0.2) is 7.11 Å². The van der Waals surface area contributed by atoms with Crippen molar-refractivity contribution in [2.75, 3.05) is 7.11 Å². The minimum absolute atomic E-state index is 0.0114. The smallest absolute Gasteiger partial charge is 0.143 e. The van der Waals surface area contributed by atoms with Crippen molar-refractivity contribution in [2.24, 2.45) is 5.73 Å². The van der Waals surface area contributed by atoms with Crippen molar-refractivity contribution in [3.8, 4) is 5.75 Å². The van der Waals surface area contributed by atoms with Gasteiger partial charge in [-0.25, -0.2) is 8.78 Å². The Kier molecular flexibility index (Phi) is 4.73. The number of halogens is 3. The van der Waals surface area contributed by atoms with E-state index in [1.165, 1.54) is 12.1 Å². The monoisotopic (exact) mass is 341 g/mol. The molecule has 20 heavy (non-hydrogen) atoms. The van der Waals surface area contributed by atoms with Gasteiger partial charge in [-0.2, -0.15) is 0 Å². The van der Waals surface area contributed by atoms with E-state index in [0.717, 1.165) is 5.56 Å². The van der Waals surface area contributed by atoms with Crippen LogP contribution in [-0.2, 0) is 6.42 Å². The number of hydrogen-bond donors (Lipinski definition) is 1. The molecule has 106 valence electrons. The molecular weight excluding hydrogens is 328 g/mol. The second-order valence-corrected chi connectivity index (χ2v) is 5.26. The van der Waals surface area contributed by atoms with E-state index in [9.17, 15) is 8.78 Å². The van der Waals surface area contributed by atoms with E-state index < -0.39 is 17.7 Å². The average Bonchev–Trinajstić information content (AvgIpc) is 2.47. The summed E-state index contributed by atoms with van der Waals surface area (Å²) in [6.07, 6.45) is 0.0867. The normalized spacial score (nSPS) is 12.2. The van der Waals surface area contributed by atoms with Gasteiger partial charge in [-0.1, -0.05) is 12.1 Å². The van der Waals surface area contributed by atoms with Crippen LogP contribution in [0.2, 0.25) is 0 Å². The van der Waals surface area contributed by atoms with Gasteiger partial charge in [0.15, 0.2) is 0 Å². The Labute approximate surface area is 124 Å². The van der Waals surface area contributed by atoms with Crippen LogP contribution >= 0.6 is 15.9 Å². The highest BCUT2D eigenvalue weighted by Gasteiger charge is 2.16. The zero-order valence-electron chi connectivity index (χ0n) is 10.9. The molecule has 5 heteroatoms. The van der Waals surface area contributed by atoms with E-state index in [2.05, 4.69) is 15.9 Å². The van der Waals surface area contributed by atoms with Gasteiger partial charge in [0, 0.05) is 11.6 Å². The molecule has 2 N–H and O–H groups in total. The Morgan fingerprint density at radius 2 is 1.80 bits per heavy atom. The van der Waals surface area contributed by atoms with Crippen molar-refractivity contribution >= 4 is 15.9 Å². The number of rotatable bonds is 4. The highest BCUT2D eigenvalue weighted by molar-refractivity contribution is 9.10. The molecule has 1 unspecified atom stereocenters. The highest BCUT2D eigenvalue weighted by atomic mass is 79.9. The first-order valence-electron chi connectivity index (χ1n) is 6.05. The van der Waals surface area contributed by atoms with E-state index in [1.807, 2.05) is 0 Å². The van der Waals surface area contributed by atoms with Gasteiger partial charge in [-0.15, -0.1) is 0 Å². The second-order valence-electron chi connectivity index (χ2n) is 4.41. The first-order chi connectivity index (χ1) is 9.52. The van der Waals surface area contributed by atoms with Crippen LogP contribution in [0.3, 0.4) is 0 Å². The van der Waals surface area contributed by atoms with Crippen molar-refractivity contribution < 1.29 is 13.5 Å². The van der Waals surface area contributed by atoms with E-state index in [1.54, 1.807) is 31.4 Å². The van der Waals surface area contributed by atoms with Gasteiger partial charge in [0.05, 0.1) is 11.6 Å². The minimum Gasteiger partial charge on any atom is -0.497 e. The van der Waals surface area contributed by atoms with Crippen LogP contribution in [0, 0.1) is 11.6 Å². The Hall–Kier alpha value is -1.46.